The SMILES string of the molecule is OO.OO.[MgH2]. The zero-order valence-electron chi connectivity index (χ0n) is 1.79. The molecule has 5 heavy (non-hydrogen) atoms. The van der Waals surface area contributed by atoms with Crippen molar-refractivity contribution in [2.24, 2.45) is 0 Å². The zero-order valence-corrected chi connectivity index (χ0v) is 1.79. The van der Waals surface area contributed by atoms with Gasteiger partial charge in [-0.05, 0) is 0 Å². The summed E-state index contributed by atoms with van der Waals surface area (Å²) in [7, 11) is 0. The fourth-order valence-corrected chi connectivity index (χ4v) is 0. The molecule has 0 radical (unpaired) electrons. The Morgan fingerprint density at radius 1 is 0.600 bits per heavy atom. The van der Waals surface area contributed by atoms with E-state index in [-0.39, 0.29) is 23.1 Å². The van der Waals surface area contributed by atoms with Gasteiger partial charge in [0.15, 0.2) is 0 Å². The molecule has 0 amide bonds. The first kappa shape index (κ1) is 17.5. The molecule has 0 rings (SSSR count). The van der Waals surface area contributed by atoms with Crippen LogP contribution < -0.4 is 0 Å². The summed E-state index contributed by atoms with van der Waals surface area (Å²) in [6.45, 7) is 0. The number of hydrogen-bond donors (Lipinski definition) is 4. The van der Waals surface area contributed by atoms with Crippen LogP contribution in [0, 0.1) is 0 Å². The van der Waals surface area contributed by atoms with E-state index in [1.54, 1.807) is 0 Å². The molecule has 0 atom stereocenters. The minimum absolute atomic E-state index is 0. The summed E-state index contributed by atoms with van der Waals surface area (Å²) < 4.78 is 0. The largest absolute Gasteiger partial charge is 0.316 e. The van der Waals surface area contributed by atoms with Gasteiger partial charge >= 0.3 is 23.1 Å². The first-order chi connectivity index (χ1) is 2.00. The van der Waals surface area contributed by atoms with Crippen molar-refractivity contribution >= 4 is 23.1 Å². The third kappa shape index (κ3) is 85.1. The van der Waals surface area contributed by atoms with Gasteiger partial charge in [-0.25, -0.2) is 0 Å². The van der Waals surface area contributed by atoms with Gasteiger partial charge in [0.05, 0.1) is 0 Å². The fraction of sp³-hybridized carbons (Fsp3) is 0. The van der Waals surface area contributed by atoms with Crippen LogP contribution in [0.3, 0.4) is 0 Å². The van der Waals surface area contributed by atoms with Gasteiger partial charge < -0.3 is 0 Å². The summed E-state index contributed by atoms with van der Waals surface area (Å²) in [4.78, 5) is 0. The van der Waals surface area contributed by atoms with E-state index in [0.29, 0.717) is 0 Å². The van der Waals surface area contributed by atoms with E-state index in [9.17, 15) is 0 Å². The minimum Gasteiger partial charge on any atom is -0.255 e. The molecule has 0 aromatic heterocycles. The standard InChI is InChI=1S/Mg.2H2O2.2H/c;2*1-2;;/h;2*1-2H;;. The van der Waals surface area contributed by atoms with E-state index in [2.05, 4.69) is 0 Å². The Hall–Kier alpha value is 0.606. The Morgan fingerprint density at radius 3 is 0.600 bits per heavy atom. The van der Waals surface area contributed by atoms with E-state index in [4.69, 9.17) is 21.0 Å². The average molecular weight is 94.3 g/mol. The van der Waals surface area contributed by atoms with E-state index >= 15 is 0 Å². The minimum atomic E-state index is 0. The monoisotopic (exact) mass is 94.0 g/mol. The van der Waals surface area contributed by atoms with Gasteiger partial charge in [0.25, 0.3) is 0 Å². The number of rotatable bonds is 0. The summed E-state index contributed by atoms with van der Waals surface area (Å²) in [5.41, 5.74) is 0. The van der Waals surface area contributed by atoms with Crippen molar-refractivity contribution < 1.29 is 21.0 Å². The van der Waals surface area contributed by atoms with Gasteiger partial charge in [0.2, 0.25) is 0 Å². The van der Waals surface area contributed by atoms with Crippen molar-refractivity contribution in [3.8, 4) is 0 Å². The lowest BCUT2D eigenvalue weighted by Gasteiger charge is -1.25. The van der Waals surface area contributed by atoms with Crippen molar-refractivity contribution in [2.45, 2.75) is 0 Å². The second-order valence-corrected chi connectivity index (χ2v) is 0. The molecule has 0 aromatic rings. The molecule has 4 N–H and O–H groups in total. The van der Waals surface area contributed by atoms with E-state index in [1.165, 1.54) is 0 Å². The highest BCUT2D eigenvalue weighted by Gasteiger charge is 0.747. The zero-order chi connectivity index (χ0) is 4.00. The summed E-state index contributed by atoms with van der Waals surface area (Å²) in [5, 5.41) is 24.0. The molecule has 0 fully saturated rings. The first-order valence-corrected chi connectivity index (χ1v) is 0.400. The fourth-order valence-electron chi connectivity index (χ4n) is 0. The molecule has 0 unspecified atom stereocenters. The molecule has 0 saturated heterocycles. The topological polar surface area (TPSA) is 80.9 Å². The first-order valence-electron chi connectivity index (χ1n) is 0.400. The molecule has 0 heterocycles. The third-order valence-corrected chi connectivity index (χ3v) is 0. The Labute approximate surface area is 44.7 Å². The lowest BCUT2D eigenvalue weighted by Crippen LogP contribution is -1.29. The highest BCUT2D eigenvalue weighted by atomic mass is 24.3. The predicted molar refractivity (Wildman–Crippen MR) is 19.1 cm³/mol. The smallest absolute Gasteiger partial charge is 0.255 e. The molecule has 4 nitrogen and oxygen atoms in total. The van der Waals surface area contributed by atoms with E-state index in [0.717, 1.165) is 0 Å². The van der Waals surface area contributed by atoms with Gasteiger partial charge in [0, 0.05) is 0 Å². The second kappa shape index (κ2) is 163. The van der Waals surface area contributed by atoms with Gasteiger partial charge in [-0.15, -0.1) is 0 Å². The van der Waals surface area contributed by atoms with Gasteiger partial charge in [-0.3, -0.25) is 21.0 Å². The predicted octanol–water partition coefficient (Wildman–Crippen LogP) is -0.881. The molecule has 5 heteroatoms. The highest BCUT2D eigenvalue weighted by molar-refractivity contribution is 5.75. The maximum atomic E-state index is 6.00. The van der Waals surface area contributed by atoms with Crippen LogP contribution in [0.5, 0.6) is 0 Å². The molecule has 0 aliphatic rings. The van der Waals surface area contributed by atoms with E-state index in [1.807, 2.05) is 0 Å². The molecule has 0 aromatic carbocycles. The van der Waals surface area contributed by atoms with Crippen LogP contribution in [0.25, 0.3) is 0 Å². The summed E-state index contributed by atoms with van der Waals surface area (Å²) in [6, 6.07) is 0. The Balaban J connectivity index is -0.0000000133. The van der Waals surface area contributed by atoms with Crippen LogP contribution in [-0.4, -0.2) is 44.1 Å². The van der Waals surface area contributed by atoms with Gasteiger partial charge in [-0.1, -0.05) is 0 Å². The molecular weight excluding hydrogens is 88.3 g/mol. The number of hydrogen-bond acceptors (Lipinski definition) is 4. The summed E-state index contributed by atoms with van der Waals surface area (Å²) in [6.07, 6.45) is 0. The summed E-state index contributed by atoms with van der Waals surface area (Å²) >= 11 is 0. The van der Waals surface area contributed by atoms with Crippen LogP contribution in [-0.2, 0) is 0 Å². The van der Waals surface area contributed by atoms with Gasteiger partial charge in [0.1, 0.15) is 0 Å². The molecular formula is H6MgO4. The molecule has 0 saturated carbocycles. The average Bonchev–Trinajstić information content (AvgIpc) is 1.50. The van der Waals surface area contributed by atoms with Gasteiger partial charge in [-0.2, -0.15) is 0 Å². The van der Waals surface area contributed by atoms with Crippen LogP contribution in [0.2, 0.25) is 0 Å². The van der Waals surface area contributed by atoms with Crippen molar-refractivity contribution in [2.75, 3.05) is 0 Å². The Morgan fingerprint density at radius 2 is 0.600 bits per heavy atom. The van der Waals surface area contributed by atoms with Crippen LogP contribution in [0.4, 0.5) is 0 Å². The molecule has 32 valence electrons. The third-order valence-electron chi connectivity index (χ3n) is 0. The van der Waals surface area contributed by atoms with Crippen molar-refractivity contribution in [3.05, 3.63) is 0 Å². The molecule has 0 bridgehead atoms. The maximum absolute atomic E-state index is 6.00. The van der Waals surface area contributed by atoms with Crippen LogP contribution in [0.1, 0.15) is 0 Å². The summed E-state index contributed by atoms with van der Waals surface area (Å²) in [5.74, 6) is 0. The lowest BCUT2D eigenvalue weighted by molar-refractivity contribution is -0.176. The van der Waals surface area contributed by atoms with E-state index < -0.39 is 0 Å². The normalized spacial score (nSPS) is 2.40. The second-order valence-electron chi connectivity index (χ2n) is 0. The molecule has 0 aliphatic heterocycles. The highest BCUT2D eigenvalue weighted by Crippen LogP contribution is 0.713. The molecule has 0 aliphatic carbocycles. The molecule has 0 spiro atoms. The Kier molecular flexibility index (Phi) is 571. The van der Waals surface area contributed by atoms with Crippen molar-refractivity contribution in [1.29, 1.82) is 0 Å². The van der Waals surface area contributed by atoms with Crippen LogP contribution >= 0.6 is 0 Å². The van der Waals surface area contributed by atoms with Crippen molar-refractivity contribution in [1.82, 2.24) is 0 Å². The quantitative estimate of drug-likeness (QED) is 0.178. The Bertz CT molecular complexity index is 3.61. The lowest BCUT2D eigenvalue weighted by atomic mass is 15.0. The maximum Gasteiger partial charge on any atom is 0.316 e. The van der Waals surface area contributed by atoms with Crippen molar-refractivity contribution in [3.63, 3.8) is 0 Å². The van der Waals surface area contributed by atoms with Crippen LogP contribution in [0.15, 0.2) is 0 Å².